The number of carbonyl (C=O) groups is 1. The first-order chi connectivity index (χ1) is 8.97. The van der Waals surface area contributed by atoms with Gasteiger partial charge in [-0.3, -0.25) is 0 Å². The minimum Gasteiger partial charge on any atom is -0.478 e. The summed E-state index contributed by atoms with van der Waals surface area (Å²) >= 11 is 0. The Labute approximate surface area is 111 Å². The van der Waals surface area contributed by atoms with Gasteiger partial charge in [-0.05, 0) is 38.1 Å². The summed E-state index contributed by atoms with van der Waals surface area (Å²) in [7, 11) is 1.81. The third kappa shape index (κ3) is 2.88. The first kappa shape index (κ1) is 13.0. The van der Waals surface area contributed by atoms with Gasteiger partial charge in [-0.2, -0.15) is 0 Å². The number of benzene rings is 1. The predicted molar refractivity (Wildman–Crippen MR) is 73.0 cm³/mol. The Morgan fingerprint density at radius 2 is 1.79 bits per heavy atom. The van der Waals surface area contributed by atoms with Crippen molar-refractivity contribution in [1.82, 2.24) is 9.97 Å². The van der Waals surface area contributed by atoms with Crippen LogP contribution in [-0.4, -0.2) is 28.1 Å². The van der Waals surface area contributed by atoms with E-state index in [1.165, 1.54) is 0 Å². The quantitative estimate of drug-likeness (QED) is 0.915. The number of rotatable bonds is 3. The first-order valence-corrected chi connectivity index (χ1v) is 5.87. The molecule has 2 aromatic rings. The molecule has 0 saturated carbocycles. The van der Waals surface area contributed by atoms with Crippen LogP contribution in [0.4, 0.5) is 11.6 Å². The molecule has 5 heteroatoms. The lowest BCUT2D eigenvalue weighted by molar-refractivity contribution is 0.0697. The van der Waals surface area contributed by atoms with E-state index in [1.54, 1.807) is 23.1 Å². The van der Waals surface area contributed by atoms with E-state index in [4.69, 9.17) is 5.11 Å². The molecule has 1 aromatic heterocycles. The predicted octanol–water partition coefficient (Wildman–Crippen LogP) is 2.56. The van der Waals surface area contributed by atoms with Crippen molar-refractivity contribution < 1.29 is 9.90 Å². The molecule has 0 amide bonds. The highest BCUT2D eigenvalue weighted by molar-refractivity contribution is 5.89. The molecule has 0 aliphatic heterocycles. The smallest absolute Gasteiger partial charge is 0.335 e. The van der Waals surface area contributed by atoms with E-state index in [2.05, 4.69) is 9.97 Å². The summed E-state index contributed by atoms with van der Waals surface area (Å²) < 4.78 is 0. The van der Waals surface area contributed by atoms with Gasteiger partial charge >= 0.3 is 5.97 Å². The van der Waals surface area contributed by atoms with Crippen LogP contribution in [-0.2, 0) is 0 Å². The highest BCUT2D eigenvalue weighted by atomic mass is 16.4. The maximum absolute atomic E-state index is 11.0. The lowest BCUT2D eigenvalue weighted by Crippen LogP contribution is -2.14. The fourth-order valence-electron chi connectivity index (χ4n) is 1.82. The zero-order chi connectivity index (χ0) is 14.0. The summed E-state index contributed by atoms with van der Waals surface area (Å²) in [6.45, 7) is 3.80. The van der Waals surface area contributed by atoms with Gasteiger partial charge in [0.1, 0.15) is 0 Å². The van der Waals surface area contributed by atoms with E-state index in [1.807, 2.05) is 33.0 Å². The topological polar surface area (TPSA) is 66.3 Å². The molecule has 0 atom stereocenters. The van der Waals surface area contributed by atoms with Crippen LogP contribution in [0.1, 0.15) is 21.7 Å². The Kier molecular flexibility index (Phi) is 3.46. The fourth-order valence-corrected chi connectivity index (χ4v) is 1.82. The Bertz CT molecular complexity index is 606. The second-order valence-corrected chi connectivity index (χ2v) is 4.37. The fraction of sp³-hybridized carbons (Fsp3) is 0.214. The average Bonchev–Trinajstić information content (AvgIpc) is 2.37. The van der Waals surface area contributed by atoms with E-state index in [-0.39, 0.29) is 5.56 Å². The van der Waals surface area contributed by atoms with Crippen LogP contribution < -0.4 is 4.90 Å². The lowest BCUT2D eigenvalue weighted by Gasteiger charge is -2.18. The highest BCUT2D eigenvalue weighted by Gasteiger charge is 2.10. The van der Waals surface area contributed by atoms with Crippen LogP contribution in [0.2, 0.25) is 0 Å². The molecule has 0 bridgehead atoms. The molecule has 5 nitrogen and oxygen atoms in total. The van der Waals surface area contributed by atoms with E-state index in [0.29, 0.717) is 5.95 Å². The Morgan fingerprint density at radius 3 is 2.37 bits per heavy atom. The summed E-state index contributed by atoms with van der Waals surface area (Å²) in [6.07, 6.45) is 0. The van der Waals surface area contributed by atoms with Gasteiger partial charge in [-0.1, -0.05) is 6.07 Å². The molecule has 0 unspecified atom stereocenters. The third-order valence-electron chi connectivity index (χ3n) is 2.75. The molecule has 1 aromatic carbocycles. The molecule has 0 spiro atoms. The van der Waals surface area contributed by atoms with Crippen molar-refractivity contribution >= 4 is 17.6 Å². The molecular weight excluding hydrogens is 242 g/mol. The molecule has 0 radical (unpaired) electrons. The van der Waals surface area contributed by atoms with Gasteiger partial charge in [0.2, 0.25) is 5.95 Å². The molecule has 1 heterocycles. The monoisotopic (exact) mass is 257 g/mol. The summed E-state index contributed by atoms with van der Waals surface area (Å²) in [5.41, 5.74) is 2.74. The molecule has 0 aliphatic carbocycles. The van der Waals surface area contributed by atoms with Gasteiger partial charge in [0, 0.05) is 24.1 Å². The standard InChI is InChI=1S/C14H15N3O2/c1-9-7-10(2)16-14(15-9)17(3)12-6-4-5-11(8-12)13(18)19/h4-8H,1-3H3,(H,18,19). The van der Waals surface area contributed by atoms with Crippen LogP contribution in [0, 0.1) is 13.8 Å². The van der Waals surface area contributed by atoms with Gasteiger partial charge in [-0.15, -0.1) is 0 Å². The number of nitrogens with zero attached hydrogens (tertiary/aromatic N) is 3. The molecule has 0 aliphatic rings. The first-order valence-electron chi connectivity index (χ1n) is 5.87. The number of carboxylic acid groups (broad SMARTS) is 1. The average molecular weight is 257 g/mol. The number of aromatic carboxylic acids is 1. The van der Waals surface area contributed by atoms with Gasteiger partial charge in [0.25, 0.3) is 0 Å². The van der Waals surface area contributed by atoms with E-state index >= 15 is 0 Å². The largest absolute Gasteiger partial charge is 0.478 e. The normalized spacial score (nSPS) is 10.3. The number of carboxylic acids is 1. The van der Waals surface area contributed by atoms with Crippen LogP contribution in [0.3, 0.4) is 0 Å². The number of anilines is 2. The van der Waals surface area contributed by atoms with Crippen LogP contribution >= 0.6 is 0 Å². The summed E-state index contributed by atoms with van der Waals surface area (Å²) in [4.78, 5) is 21.4. The third-order valence-corrected chi connectivity index (χ3v) is 2.75. The van der Waals surface area contributed by atoms with Gasteiger partial charge in [0.15, 0.2) is 0 Å². The van der Waals surface area contributed by atoms with Gasteiger partial charge in [0.05, 0.1) is 5.56 Å². The molecule has 0 fully saturated rings. The second kappa shape index (κ2) is 5.06. The van der Waals surface area contributed by atoms with Crippen molar-refractivity contribution in [3.8, 4) is 0 Å². The Balaban J connectivity index is 2.40. The second-order valence-electron chi connectivity index (χ2n) is 4.37. The molecular formula is C14H15N3O2. The zero-order valence-electron chi connectivity index (χ0n) is 11.1. The van der Waals surface area contributed by atoms with E-state index in [9.17, 15) is 4.79 Å². The maximum Gasteiger partial charge on any atom is 0.335 e. The summed E-state index contributed by atoms with van der Waals surface area (Å²) in [6, 6.07) is 8.59. The van der Waals surface area contributed by atoms with Crippen LogP contribution in [0.25, 0.3) is 0 Å². The number of hydrogen-bond acceptors (Lipinski definition) is 4. The van der Waals surface area contributed by atoms with Gasteiger partial charge in [-0.25, -0.2) is 14.8 Å². The minimum absolute atomic E-state index is 0.244. The molecule has 98 valence electrons. The molecule has 1 N–H and O–H groups in total. The number of aromatic nitrogens is 2. The summed E-state index contributed by atoms with van der Waals surface area (Å²) in [5, 5.41) is 9.00. The summed E-state index contributed by atoms with van der Waals surface area (Å²) in [5.74, 6) is -0.392. The number of aryl methyl sites for hydroxylation is 2. The van der Waals surface area contributed by atoms with Gasteiger partial charge < -0.3 is 10.0 Å². The maximum atomic E-state index is 11.0. The van der Waals surface area contributed by atoms with Crippen LogP contribution in [0.5, 0.6) is 0 Å². The molecule has 0 saturated heterocycles. The van der Waals surface area contributed by atoms with Crippen LogP contribution in [0.15, 0.2) is 30.3 Å². The van der Waals surface area contributed by atoms with E-state index < -0.39 is 5.97 Å². The highest BCUT2D eigenvalue weighted by Crippen LogP contribution is 2.21. The Hall–Kier alpha value is -2.43. The van der Waals surface area contributed by atoms with Crippen molar-refractivity contribution in [2.75, 3.05) is 11.9 Å². The minimum atomic E-state index is -0.948. The Morgan fingerprint density at radius 1 is 1.16 bits per heavy atom. The van der Waals surface area contributed by atoms with Crippen molar-refractivity contribution in [1.29, 1.82) is 0 Å². The lowest BCUT2D eigenvalue weighted by atomic mass is 10.2. The molecule has 19 heavy (non-hydrogen) atoms. The van der Waals surface area contributed by atoms with Crippen molar-refractivity contribution in [3.05, 3.63) is 47.3 Å². The zero-order valence-corrected chi connectivity index (χ0v) is 11.1. The SMILES string of the molecule is Cc1cc(C)nc(N(C)c2cccc(C(=O)O)c2)n1. The number of hydrogen-bond donors (Lipinski definition) is 1. The van der Waals surface area contributed by atoms with E-state index in [0.717, 1.165) is 17.1 Å². The van der Waals surface area contributed by atoms with Crippen molar-refractivity contribution in [3.63, 3.8) is 0 Å². The van der Waals surface area contributed by atoms with Crippen molar-refractivity contribution in [2.24, 2.45) is 0 Å². The van der Waals surface area contributed by atoms with Crippen molar-refractivity contribution in [2.45, 2.75) is 13.8 Å². The molecule has 2 rings (SSSR count).